The summed E-state index contributed by atoms with van der Waals surface area (Å²) >= 11 is 0. The van der Waals surface area contributed by atoms with E-state index in [1.54, 1.807) is 12.1 Å². The largest absolute Gasteiger partial charge is 0.341 e. The molecule has 0 saturated carbocycles. The van der Waals surface area contributed by atoms with E-state index in [1.165, 1.54) is 16.9 Å². The van der Waals surface area contributed by atoms with Crippen molar-refractivity contribution >= 4 is 17.1 Å². The Morgan fingerprint density at radius 1 is 0.917 bits per heavy atom. The summed E-state index contributed by atoms with van der Waals surface area (Å²) in [5, 5.41) is 11.3. The summed E-state index contributed by atoms with van der Waals surface area (Å²) in [5.41, 5.74) is 5.31. The van der Waals surface area contributed by atoms with Crippen molar-refractivity contribution < 1.29 is 4.92 Å². The molecule has 0 spiro atoms. The molecule has 4 heteroatoms. The third-order valence-corrected chi connectivity index (χ3v) is 4.45. The van der Waals surface area contributed by atoms with E-state index in [1.807, 2.05) is 36.4 Å². The summed E-state index contributed by atoms with van der Waals surface area (Å²) in [5.74, 6) is 0. The maximum atomic E-state index is 11.3. The number of benzene rings is 3. The lowest BCUT2D eigenvalue weighted by atomic mass is 10.0. The van der Waals surface area contributed by atoms with E-state index in [0.717, 1.165) is 18.5 Å². The lowest BCUT2D eigenvalue weighted by Gasteiger charge is -2.19. The van der Waals surface area contributed by atoms with E-state index in [4.69, 9.17) is 0 Å². The molecule has 0 radical (unpaired) electrons. The zero-order valence-electron chi connectivity index (χ0n) is 13.1. The Balaban J connectivity index is 1.75. The molecule has 1 aliphatic heterocycles. The standard InChI is InChI=1S/C20H16N2O2/c23-22(24)20-9-5-4-8-18(20)15-10-11-19-16(14-15)12-13-21(19)17-6-2-1-3-7-17/h1-11,14H,12-13H2. The first kappa shape index (κ1) is 14.5. The summed E-state index contributed by atoms with van der Waals surface area (Å²) in [6, 6.07) is 23.3. The second-order valence-corrected chi connectivity index (χ2v) is 5.85. The molecule has 3 aromatic rings. The average Bonchev–Trinajstić information content (AvgIpc) is 3.05. The lowest BCUT2D eigenvalue weighted by Crippen LogP contribution is -2.12. The van der Waals surface area contributed by atoms with Crippen molar-refractivity contribution in [2.24, 2.45) is 0 Å². The van der Waals surface area contributed by atoms with Gasteiger partial charge in [0, 0.05) is 24.0 Å². The van der Waals surface area contributed by atoms with E-state index in [2.05, 4.69) is 29.2 Å². The minimum atomic E-state index is -0.321. The topological polar surface area (TPSA) is 46.4 Å². The molecule has 0 amide bonds. The number of nitro benzene ring substituents is 1. The van der Waals surface area contributed by atoms with Crippen LogP contribution in [0, 0.1) is 10.1 Å². The van der Waals surface area contributed by atoms with Crippen molar-refractivity contribution in [3.8, 4) is 11.1 Å². The van der Waals surface area contributed by atoms with Gasteiger partial charge in [0.25, 0.3) is 5.69 Å². The van der Waals surface area contributed by atoms with Gasteiger partial charge in [-0.15, -0.1) is 0 Å². The highest BCUT2D eigenvalue weighted by Gasteiger charge is 2.22. The van der Waals surface area contributed by atoms with Crippen LogP contribution in [0.1, 0.15) is 5.56 Å². The SMILES string of the molecule is O=[N+]([O-])c1ccccc1-c1ccc2c(c1)CCN2c1ccccc1. The molecule has 118 valence electrons. The molecule has 1 aliphatic rings. The summed E-state index contributed by atoms with van der Waals surface area (Å²) in [6.07, 6.45) is 0.943. The fourth-order valence-corrected chi connectivity index (χ4v) is 3.32. The smallest absolute Gasteiger partial charge is 0.277 e. The minimum Gasteiger partial charge on any atom is -0.341 e. The van der Waals surface area contributed by atoms with Crippen LogP contribution in [-0.2, 0) is 6.42 Å². The van der Waals surface area contributed by atoms with Gasteiger partial charge in [-0.25, -0.2) is 0 Å². The molecule has 0 aliphatic carbocycles. The summed E-state index contributed by atoms with van der Waals surface area (Å²) in [6.45, 7) is 0.930. The lowest BCUT2D eigenvalue weighted by molar-refractivity contribution is -0.384. The molecule has 0 saturated heterocycles. The Morgan fingerprint density at radius 2 is 1.67 bits per heavy atom. The first-order valence-corrected chi connectivity index (χ1v) is 7.93. The van der Waals surface area contributed by atoms with E-state index in [9.17, 15) is 10.1 Å². The number of anilines is 2. The van der Waals surface area contributed by atoms with Crippen LogP contribution in [0.3, 0.4) is 0 Å². The van der Waals surface area contributed by atoms with Gasteiger partial charge in [-0.1, -0.05) is 36.4 Å². The molecular weight excluding hydrogens is 300 g/mol. The van der Waals surface area contributed by atoms with Crippen LogP contribution in [0.5, 0.6) is 0 Å². The zero-order chi connectivity index (χ0) is 16.5. The van der Waals surface area contributed by atoms with Crippen LogP contribution in [-0.4, -0.2) is 11.5 Å². The third kappa shape index (κ3) is 2.42. The number of hydrogen-bond acceptors (Lipinski definition) is 3. The summed E-state index contributed by atoms with van der Waals surface area (Å²) in [4.78, 5) is 13.2. The Bertz CT molecular complexity index is 907. The molecule has 0 fully saturated rings. The second-order valence-electron chi connectivity index (χ2n) is 5.85. The molecule has 0 N–H and O–H groups in total. The Morgan fingerprint density at radius 3 is 2.46 bits per heavy atom. The summed E-state index contributed by atoms with van der Waals surface area (Å²) in [7, 11) is 0. The summed E-state index contributed by atoms with van der Waals surface area (Å²) < 4.78 is 0. The normalized spacial score (nSPS) is 12.9. The number of para-hydroxylation sites is 2. The highest BCUT2D eigenvalue weighted by atomic mass is 16.6. The average molecular weight is 316 g/mol. The van der Waals surface area contributed by atoms with E-state index < -0.39 is 0 Å². The van der Waals surface area contributed by atoms with Crippen LogP contribution < -0.4 is 4.90 Å². The quantitative estimate of drug-likeness (QED) is 0.507. The molecule has 4 nitrogen and oxygen atoms in total. The van der Waals surface area contributed by atoms with Crippen molar-refractivity contribution in [2.75, 3.05) is 11.4 Å². The number of rotatable bonds is 3. The molecule has 0 atom stereocenters. The van der Waals surface area contributed by atoms with E-state index >= 15 is 0 Å². The van der Waals surface area contributed by atoms with Crippen LogP contribution in [0.15, 0.2) is 72.8 Å². The van der Waals surface area contributed by atoms with E-state index in [0.29, 0.717) is 5.56 Å². The highest BCUT2D eigenvalue weighted by Crippen LogP contribution is 2.38. The Labute approximate surface area is 140 Å². The fraction of sp³-hybridized carbons (Fsp3) is 0.100. The van der Waals surface area contributed by atoms with Gasteiger partial charge < -0.3 is 4.90 Å². The van der Waals surface area contributed by atoms with Crippen LogP contribution in [0.4, 0.5) is 17.1 Å². The Hall–Kier alpha value is -3.14. The third-order valence-electron chi connectivity index (χ3n) is 4.45. The maximum Gasteiger partial charge on any atom is 0.277 e. The van der Waals surface area contributed by atoms with Gasteiger partial charge in [-0.05, 0) is 47.9 Å². The zero-order valence-corrected chi connectivity index (χ0v) is 13.1. The van der Waals surface area contributed by atoms with Gasteiger partial charge in [0.15, 0.2) is 0 Å². The number of nitrogens with zero attached hydrogens (tertiary/aromatic N) is 2. The van der Waals surface area contributed by atoms with Gasteiger partial charge in [-0.2, -0.15) is 0 Å². The predicted molar refractivity (Wildman–Crippen MR) is 95.7 cm³/mol. The van der Waals surface area contributed by atoms with Gasteiger partial charge >= 0.3 is 0 Å². The molecular formula is C20H16N2O2. The first-order valence-electron chi connectivity index (χ1n) is 7.93. The van der Waals surface area contributed by atoms with Gasteiger partial charge in [0.1, 0.15) is 0 Å². The molecule has 0 bridgehead atoms. The number of hydrogen-bond donors (Lipinski definition) is 0. The van der Waals surface area contributed by atoms with Crippen molar-refractivity contribution in [1.29, 1.82) is 0 Å². The molecule has 3 aromatic carbocycles. The first-order chi connectivity index (χ1) is 11.7. The minimum absolute atomic E-state index is 0.148. The fourth-order valence-electron chi connectivity index (χ4n) is 3.32. The van der Waals surface area contributed by atoms with Gasteiger partial charge in [0.05, 0.1) is 10.5 Å². The molecule has 1 heterocycles. The van der Waals surface area contributed by atoms with Gasteiger partial charge in [-0.3, -0.25) is 10.1 Å². The monoisotopic (exact) mass is 316 g/mol. The van der Waals surface area contributed by atoms with Crippen molar-refractivity contribution in [3.05, 3.63) is 88.5 Å². The molecule has 0 unspecified atom stereocenters. The predicted octanol–water partition coefficient (Wildman–Crippen LogP) is 4.96. The molecule has 4 rings (SSSR count). The van der Waals surface area contributed by atoms with Crippen LogP contribution in [0.25, 0.3) is 11.1 Å². The highest BCUT2D eigenvalue weighted by molar-refractivity contribution is 5.79. The number of fused-ring (bicyclic) bond motifs is 1. The van der Waals surface area contributed by atoms with Crippen molar-refractivity contribution in [3.63, 3.8) is 0 Å². The van der Waals surface area contributed by atoms with Crippen LogP contribution >= 0.6 is 0 Å². The number of nitro groups is 1. The second kappa shape index (κ2) is 5.81. The van der Waals surface area contributed by atoms with Crippen molar-refractivity contribution in [2.45, 2.75) is 6.42 Å². The maximum absolute atomic E-state index is 11.3. The van der Waals surface area contributed by atoms with Crippen molar-refractivity contribution in [1.82, 2.24) is 0 Å². The van der Waals surface area contributed by atoms with Gasteiger partial charge in [0.2, 0.25) is 0 Å². The Kier molecular flexibility index (Phi) is 3.50. The molecule has 0 aromatic heterocycles. The van der Waals surface area contributed by atoms with Crippen LogP contribution in [0.2, 0.25) is 0 Å². The molecule has 24 heavy (non-hydrogen) atoms. The van der Waals surface area contributed by atoms with E-state index in [-0.39, 0.29) is 10.6 Å².